The standard InChI is InChI=1S/C12H11ClN6OS/c13-11-17-9(15-5-7-14-3-4-21-7)8-10(18-11)19-12(16-8)20-6-1-2-6/h3-4,6H,1-2,5H2,(H2,15,16,17,18,19). The monoisotopic (exact) mass is 322 g/mol. The van der Waals surface area contributed by atoms with E-state index >= 15 is 0 Å². The lowest BCUT2D eigenvalue weighted by atomic mass is 10.5. The van der Waals surface area contributed by atoms with Gasteiger partial charge in [0.05, 0.1) is 6.54 Å². The van der Waals surface area contributed by atoms with E-state index in [1.54, 1.807) is 17.5 Å². The third-order valence-electron chi connectivity index (χ3n) is 3.00. The number of hydrogen-bond donors (Lipinski definition) is 2. The van der Waals surface area contributed by atoms with Gasteiger partial charge in [0, 0.05) is 11.6 Å². The maximum absolute atomic E-state index is 5.94. The molecule has 0 radical (unpaired) electrons. The van der Waals surface area contributed by atoms with Crippen LogP contribution < -0.4 is 10.1 Å². The normalized spacial score (nSPS) is 14.5. The Morgan fingerprint density at radius 1 is 1.38 bits per heavy atom. The largest absolute Gasteiger partial charge is 0.461 e. The number of nitrogens with zero attached hydrogens (tertiary/aromatic N) is 4. The Hall–Kier alpha value is -1.93. The molecule has 3 aromatic rings. The fourth-order valence-corrected chi connectivity index (χ4v) is 2.60. The zero-order valence-electron chi connectivity index (χ0n) is 10.8. The quantitative estimate of drug-likeness (QED) is 0.702. The number of rotatable bonds is 5. The molecule has 0 spiro atoms. The average molecular weight is 323 g/mol. The van der Waals surface area contributed by atoms with Gasteiger partial charge in [-0.3, -0.25) is 0 Å². The molecule has 3 aromatic heterocycles. The van der Waals surface area contributed by atoms with Gasteiger partial charge in [0.25, 0.3) is 6.01 Å². The van der Waals surface area contributed by atoms with Crippen molar-refractivity contribution in [2.45, 2.75) is 25.5 Å². The fraction of sp³-hybridized carbons (Fsp3) is 0.333. The van der Waals surface area contributed by atoms with Crippen LogP contribution in [0, 0.1) is 0 Å². The highest BCUT2D eigenvalue weighted by Crippen LogP contribution is 2.28. The van der Waals surface area contributed by atoms with Gasteiger partial charge in [-0.05, 0) is 24.4 Å². The Labute approximate surface area is 128 Å². The summed E-state index contributed by atoms with van der Waals surface area (Å²) in [5.74, 6) is 0.596. The van der Waals surface area contributed by atoms with Gasteiger partial charge in [0.1, 0.15) is 16.6 Å². The summed E-state index contributed by atoms with van der Waals surface area (Å²) in [4.78, 5) is 19.9. The molecule has 1 fully saturated rings. The number of H-pyrrole nitrogens is 1. The van der Waals surface area contributed by atoms with Crippen molar-refractivity contribution in [2.75, 3.05) is 5.32 Å². The molecule has 0 unspecified atom stereocenters. The van der Waals surface area contributed by atoms with Gasteiger partial charge in [-0.25, -0.2) is 4.98 Å². The first-order valence-corrected chi connectivity index (χ1v) is 7.76. The summed E-state index contributed by atoms with van der Waals surface area (Å²) >= 11 is 7.51. The SMILES string of the molecule is Clc1nc(NCc2nccs2)c2[nH]c(OC3CC3)nc2n1. The molecular formula is C12H11ClN6OS. The summed E-state index contributed by atoms with van der Waals surface area (Å²) < 4.78 is 5.64. The molecule has 9 heteroatoms. The van der Waals surface area contributed by atoms with Crippen molar-refractivity contribution < 1.29 is 4.74 Å². The molecule has 0 aliphatic heterocycles. The predicted octanol–water partition coefficient (Wildman–Crippen LogP) is 2.62. The van der Waals surface area contributed by atoms with Crippen LogP contribution in [-0.2, 0) is 6.54 Å². The molecular weight excluding hydrogens is 312 g/mol. The third kappa shape index (κ3) is 2.77. The van der Waals surface area contributed by atoms with E-state index in [2.05, 4.69) is 30.2 Å². The van der Waals surface area contributed by atoms with Crippen LogP contribution in [0.15, 0.2) is 11.6 Å². The molecule has 1 aliphatic rings. The highest BCUT2D eigenvalue weighted by atomic mass is 35.5. The zero-order chi connectivity index (χ0) is 14.2. The maximum Gasteiger partial charge on any atom is 0.296 e. The van der Waals surface area contributed by atoms with Crippen LogP contribution in [0.4, 0.5) is 5.82 Å². The number of aromatic nitrogens is 5. The van der Waals surface area contributed by atoms with Crippen LogP contribution in [0.5, 0.6) is 6.01 Å². The summed E-state index contributed by atoms with van der Waals surface area (Å²) in [5.41, 5.74) is 1.18. The first kappa shape index (κ1) is 12.8. The summed E-state index contributed by atoms with van der Waals surface area (Å²) in [7, 11) is 0. The lowest BCUT2D eigenvalue weighted by Gasteiger charge is -2.04. The second kappa shape index (κ2) is 5.12. The number of hydrogen-bond acceptors (Lipinski definition) is 7. The molecule has 0 atom stereocenters. The van der Waals surface area contributed by atoms with Crippen molar-refractivity contribution in [3.05, 3.63) is 21.9 Å². The van der Waals surface area contributed by atoms with Crippen LogP contribution in [0.1, 0.15) is 17.8 Å². The molecule has 1 aliphatic carbocycles. The first-order chi connectivity index (χ1) is 10.3. The Morgan fingerprint density at radius 2 is 2.29 bits per heavy atom. The minimum atomic E-state index is 0.147. The van der Waals surface area contributed by atoms with E-state index in [-0.39, 0.29) is 11.4 Å². The van der Waals surface area contributed by atoms with Crippen molar-refractivity contribution >= 4 is 39.9 Å². The number of aromatic amines is 1. The minimum Gasteiger partial charge on any atom is -0.461 e. The number of thiazole rings is 1. The average Bonchev–Trinajstić information content (AvgIpc) is 2.97. The molecule has 0 amide bonds. The minimum absolute atomic E-state index is 0.147. The van der Waals surface area contributed by atoms with Crippen LogP contribution >= 0.6 is 22.9 Å². The van der Waals surface area contributed by atoms with Crippen molar-refractivity contribution in [1.82, 2.24) is 24.9 Å². The van der Waals surface area contributed by atoms with Gasteiger partial charge in [-0.1, -0.05) is 0 Å². The molecule has 0 aromatic carbocycles. The number of fused-ring (bicyclic) bond motifs is 1. The lowest BCUT2D eigenvalue weighted by molar-refractivity contribution is 0.282. The number of halogens is 1. The topological polar surface area (TPSA) is 88.6 Å². The van der Waals surface area contributed by atoms with Crippen LogP contribution in [0.3, 0.4) is 0 Å². The Balaban J connectivity index is 1.63. The van der Waals surface area contributed by atoms with E-state index in [1.807, 2.05) is 5.38 Å². The van der Waals surface area contributed by atoms with Crippen LogP contribution in [0.25, 0.3) is 11.2 Å². The summed E-state index contributed by atoms with van der Waals surface area (Å²) in [6.45, 7) is 0.567. The molecule has 7 nitrogen and oxygen atoms in total. The van der Waals surface area contributed by atoms with Crippen molar-refractivity contribution in [2.24, 2.45) is 0 Å². The third-order valence-corrected chi connectivity index (χ3v) is 3.94. The maximum atomic E-state index is 5.94. The van der Waals surface area contributed by atoms with Crippen LogP contribution in [0.2, 0.25) is 5.28 Å². The summed E-state index contributed by atoms with van der Waals surface area (Å²) in [6.07, 6.45) is 4.17. The van der Waals surface area contributed by atoms with E-state index in [1.165, 1.54) is 0 Å². The number of imidazole rings is 1. The van der Waals surface area contributed by atoms with E-state index in [0.29, 0.717) is 29.5 Å². The number of anilines is 1. The van der Waals surface area contributed by atoms with Gasteiger partial charge in [-0.15, -0.1) is 11.3 Å². The molecule has 0 saturated heterocycles. The molecule has 4 rings (SSSR count). The first-order valence-electron chi connectivity index (χ1n) is 6.50. The van der Waals surface area contributed by atoms with Crippen LogP contribution in [-0.4, -0.2) is 31.0 Å². The lowest BCUT2D eigenvalue weighted by Crippen LogP contribution is -2.03. The van der Waals surface area contributed by atoms with Crippen molar-refractivity contribution in [1.29, 1.82) is 0 Å². The van der Waals surface area contributed by atoms with E-state index in [4.69, 9.17) is 16.3 Å². The highest BCUT2D eigenvalue weighted by Gasteiger charge is 2.25. The summed E-state index contributed by atoms with van der Waals surface area (Å²) in [6, 6.07) is 0.460. The summed E-state index contributed by atoms with van der Waals surface area (Å²) in [5, 5.41) is 6.24. The van der Waals surface area contributed by atoms with Gasteiger partial charge in [0.15, 0.2) is 11.5 Å². The van der Waals surface area contributed by atoms with E-state index in [0.717, 1.165) is 17.8 Å². The van der Waals surface area contributed by atoms with Gasteiger partial charge in [-0.2, -0.15) is 15.0 Å². The number of nitrogens with one attached hydrogen (secondary N) is 2. The predicted molar refractivity (Wildman–Crippen MR) is 79.8 cm³/mol. The Kier molecular flexibility index (Phi) is 3.12. The molecule has 21 heavy (non-hydrogen) atoms. The second-order valence-electron chi connectivity index (χ2n) is 4.68. The fourth-order valence-electron chi connectivity index (χ4n) is 1.88. The molecule has 108 valence electrons. The molecule has 2 N–H and O–H groups in total. The molecule has 1 saturated carbocycles. The second-order valence-corrected chi connectivity index (χ2v) is 6.00. The molecule has 3 heterocycles. The van der Waals surface area contributed by atoms with E-state index in [9.17, 15) is 0 Å². The Morgan fingerprint density at radius 3 is 3.05 bits per heavy atom. The smallest absolute Gasteiger partial charge is 0.296 e. The van der Waals surface area contributed by atoms with Crippen molar-refractivity contribution in [3.8, 4) is 6.01 Å². The molecule has 0 bridgehead atoms. The van der Waals surface area contributed by atoms with Crippen molar-refractivity contribution in [3.63, 3.8) is 0 Å². The van der Waals surface area contributed by atoms with E-state index < -0.39 is 0 Å². The number of ether oxygens (including phenoxy) is 1. The van der Waals surface area contributed by atoms with Gasteiger partial charge in [0.2, 0.25) is 5.28 Å². The highest BCUT2D eigenvalue weighted by molar-refractivity contribution is 7.09. The Bertz CT molecular complexity index is 769. The van der Waals surface area contributed by atoms with Gasteiger partial charge < -0.3 is 15.0 Å². The van der Waals surface area contributed by atoms with Gasteiger partial charge >= 0.3 is 0 Å². The zero-order valence-corrected chi connectivity index (χ0v) is 12.4.